The van der Waals surface area contributed by atoms with E-state index in [1.807, 2.05) is 6.07 Å². The van der Waals surface area contributed by atoms with Crippen molar-refractivity contribution in [2.24, 2.45) is 0 Å². The quantitative estimate of drug-likeness (QED) is 0.654. The molecule has 64 valence electrons. The normalized spacial score (nSPS) is 10.2. The summed E-state index contributed by atoms with van der Waals surface area (Å²) in [6.45, 7) is 0. The topological polar surface area (TPSA) is 23.8 Å². The van der Waals surface area contributed by atoms with Crippen LogP contribution in [0.25, 0.3) is 10.1 Å². The molecule has 0 spiro atoms. The molecule has 0 radical (unpaired) electrons. The number of hydrogen-bond donors (Lipinski definition) is 0. The molecule has 0 unspecified atom stereocenters. The number of hydrogen-bond acceptors (Lipinski definition) is 2. The molecule has 0 aliphatic carbocycles. The number of rotatable bonds is 0. The van der Waals surface area contributed by atoms with Crippen LogP contribution in [0.5, 0.6) is 0 Å². The third-order valence-corrected chi connectivity index (χ3v) is 2.96. The molecule has 0 saturated heterocycles. The first-order chi connectivity index (χ1) is 6.20. The van der Waals surface area contributed by atoms with Gasteiger partial charge in [-0.05, 0) is 23.6 Å². The molecule has 1 heterocycles. The van der Waals surface area contributed by atoms with E-state index in [0.29, 0.717) is 4.88 Å². The molecule has 1 nitrogen and oxygen atoms in total. The number of thiophene rings is 1. The maximum atomic E-state index is 13.0. The summed E-state index contributed by atoms with van der Waals surface area (Å²) in [5, 5.41) is 9.52. The van der Waals surface area contributed by atoms with Crippen LogP contribution in [-0.4, -0.2) is 0 Å². The molecular weight excluding hydrogens is 209 g/mol. The van der Waals surface area contributed by atoms with Gasteiger partial charge in [0.05, 0.1) is 5.02 Å². The Kier molecular flexibility index (Phi) is 1.95. The summed E-state index contributed by atoms with van der Waals surface area (Å²) in [6.07, 6.45) is 0. The molecule has 13 heavy (non-hydrogen) atoms. The number of benzene rings is 1. The minimum Gasteiger partial charge on any atom is -0.205 e. The van der Waals surface area contributed by atoms with Crippen LogP contribution < -0.4 is 0 Å². The van der Waals surface area contributed by atoms with Crippen molar-refractivity contribution in [2.45, 2.75) is 0 Å². The summed E-state index contributed by atoms with van der Waals surface area (Å²) >= 11 is 6.85. The summed E-state index contributed by atoms with van der Waals surface area (Å²) in [5.41, 5.74) is 0. The molecule has 0 bridgehead atoms. The Morgan fingerprint density at radius 2 is 2.15 bits per heavy atom. The van der Waals surface area contributed by atoms with Crippen molar-refractivity contribution in [3.05, 3.63) is 33.9 Å². The van der Waals surface area contributed by atoms with Crippen molar-refractivity contribution in [2.75, 3.05) is 0 Å². The van der Waals surface area contributed by atoms with Crippen molar-refractivity contribution in [1.82, 2.24) is 0 Å². The lowest BCUT2D eigenvalue weighted by molar-refractivity contribution is 0.630. The minimum absolute atomic E-state index is 0.0924. The SMILES string of the molecule is N#Cc1cc2cc(Cl)c(F)cc2s1. The van der Waals surface area contributed by atoms with Crippen molar-refractivity contribution in [1.29, 1.82) is 5.26 Å². The van der Waals surface area contributed by atoms with E-state index in [1.165, 1.54) is 23.5 Å². The zero-order valence-corrected chi connectivity index (χ0v) is 7.92. The van der Waals surface area contributed by atoms with E-state index in [0.717, 1.165) is 10.1 Å². The van der Waals surface area contributed by atoms with Gasteiger partial charge in [-0.2, -0.15) is 5.26 Å². The highest BCUT2D eigenvalue weighted by Crippen LogP contribution is 2.29. The predicted octanol–water partition coefficient (Wildman–Crippen LogP) is 3.57. The van der Waals surface area contributed by atoms with Crippen LogP contribution >= 0.6 is 22.9 Å². The van der Waals surface area contributed by atoms with Crippen LogP contribution in [0.4, 0.5) is 4.39 Å². The Hall–Kier alpha value is -1.11. The average Bonchev–Trinajstić information content (AvgIpc) is 2.48. The molecule has 0 aliphatic rings. The van der Waals surface area contributed by atoms with Gasteiger partial charge in [-0.25, -0.2) is 4.39 Å². The highest BCUT2D eigenvalue weighted by atomic mass is 35.5. The van der Waals surface area contributed by atoms with Crippen LogP contribution in [0.2, 0.25) is 5.02 Å². The second-order valence-corrected chi connectivity index (χ2v) is 4.02. The van der Waals surface area contributed by atoms with Crippen molar-refractivity contribution < 1.29 is 4.39 Å². The van der Waals surface area contributed by atoms with Crippen LogP contribution in [0.1, 0.15) is 4.88 Å². The Labute approximate surface area is 83.0 Å². The molecule has 0 amide bonds. The van der Waals surface area contributed by atoms with Crippen molar-refractivity contribution in [3.8, 4) is 6.07 Å². The summed E-state index contributed by atoms with van der Waals surface area (Å²) in [4.78, 5) is 0.566. The Morgan fingerprint density at radius 1 is 1.38 bits per heavy atom. The lowest BCUT2D eigenvalue weighted by Crippen LogP contribution is -1.73. The first-order valence-corrected chi connectivity index (χ1v) is 4.69. The maximum absolute atomic E-state index is 13.0. The second-order valence-electron chi connectivity index (χ2n) is 2.53. The smallest absolute Gasteiger partial charge is 0.143 e. The standard InChI is InChI=1S/C9H3ClFNS/c10-7-2-5-1-6(4-12)13-9(5)3-8(7)11/h1-3H. The fourth-order valence-electron chi connectivity index (χ4n) is 1.09. The monoisotopic (exact) mass is 211 g/mol. The highest BCUT2D eigenvalue weighted by Gasteiger charge is 2.05. The highest BCUT2D eigenvalue weighted by molar-refractivity contribution is 7.19. The predicted molar refractivity (Wildman–Crippen MR) is 51.5 cm³/mol. The Bertz CT molecular complexity index is 473. The van der Waals surface area contributed by atoms with Crippen LogP contribution in [0.3, 0.4) is 0 Å². The zero-order valence-electron chi connectivity index (χ0n) is 6.34. The number of nitriles is 1. The van der Waals surface area contributed by atoms with Gasteiger partial charge in [0.1, 0.15) is 16.8 Å². The van der Waals surface area contributed by atoms with Crippen LogP contribution in [0, 0.1) is 17.1 Å². The summed E-state index contributed by atoms with van der Waals surface area (Å²) in [5.74, 6) is -0.444. The van der Waals surface area contributed by atoms with Gasteiger partial charge in [0, 0.05) is 4.70 Å². The van der Waals surface area contributed by atoms with E-state index < -0.39 is 5.82 Å². The van der Waals surface area contributed by atoms with E-state index in [-0.39, 0.29) is 5.02 Å². The molecule has 0 fully saturated rings. The summed E-state index contributed by atoms with van der Waals surface area (Å²) in [6, 6.07) is 6.59. The zero-order chi connectivity index (χ0) is 9.42. The molecule has 2 aromatic rings. The van der Waals surface area contributed by atoms with E-state index in [2.05, 4.69) is 0 Å². The first-order valence-electron chi connectivity index (χ1n) is 3.49. The molecular formula is C9H3ClFNS. The van der Waals surface area contributed by atoms with Gasteiger partial charge in [-0.15, -0.1) is 11.3 Å². The number of nitrogens with zero attached hydrogens (tertiary/aromatic N) is 1. The van der Waals surface area contributed by atoms with E-state index in [4.69, 9.17) is 16.9 Å². The maximum Gasteiger partial charge on any atom is 0.143 e. The van der Waals surface area contributed by atoms with E-state index in [1.54, 1.807) is 6.07 Å². The van der Waals surface area contributed by atoms with E-state index in [9.17, 15) is 4.39 Å². The lowest BCUT2D eigenvalue weighted by atomic mass is 10.2. The fraction of sp³-hybridized carbons (Fsp3) is 0. The van der Waals surface area contributed by atoms with Crippen molar-refractivity contribution in [3.63, 3.8) is 0 Å². The molecule has 0 N–H and O–H groups in total. The Morgan fingerprint density at radius 3 is 2.85 bits per heavy atom. The first kappa shape index (κ1) is 8.49. The number of fused-ring (bicyclic) bond motifs is 1. The van der Waals surface area contributed by atoms with Crippen LogP contribution in [-0.2, 0) is 0 Å². The average molecular weight is 212 g/mol. The molecule has 1 aromatic carbocycles. The van der Waals surface area contributed by atoms with Gasteiger partial charge in [0.15, 0.2) is 0 Å². The third kappa shape index (κ3) is 1.39. The largest absolute Gasteiger partial charge is 0.205 e. The second kappa shape index (κ2) is 2.99. The van der Waals surface area contributed by atoms with Gasteiger partial charge in [-0.1, -0.05) is 11.6 Å². The van der Waals surface area contributed by atoms with Gasteiger partial charge >= 0.3 is 0 Å². The summed E-state index contributed by atoms with van der Waals surface area (Å²) in [7, 11) is 0. The van der Waals surface area contributed by atoms with Gasteiger partial charge < -0.3 is 0 Å². The lowest BCUT2D eigenvalue weighted by Gasteiger charge is -1.92. The van der Waals surface area contributed by atoms with Crippen LogP contribution in [0.15, 0.2) is 18.2 Å². The van der Waals surface area contributed by atoms with Gasteiger partial charge in [0.25, 0.3) is 0 Å². The van der Waals surface area contributed by atoms with E-state index >= 15 is 0 Å². The molecule has 0 aliphatic heterocycles. The van der Waals surface area contributed by atoms with Crippen molar-refractivity contribution >= 4 is 33.0 Å². The number of halogens is 2. The summed E-state index contributed by atoms with van der Waals surface area (Å²) < 4.78 is 13.7. The molecule has 1 aromatic heterocycles. The molecule has 4 heteroatoms. The minimum atomic E-state index is -0.444. The molecule has 2 rings (SSSR count). The third-order valence-electron chi connectivity index (χ3n) is 1.67. The Balaban J connectivity index is 2.79. The van der Waals surface area contributed by atoms with Gasteiger partial charge in [-0.3, -0.25) is 0 Å². The fourth-order valence-corrected chi connectivity index (χ4v) is 2.13. The van der Waals surface area contributed by atoms with Gasteiger partial charge in [0.2, 0.25) is 0 Å². The molecule has 0 atom stereocenters. The molecule has 0 saturated carbocycles.